The lowest BCUT2D eigenvalue weighted by Gasteiger charge is -2.19. The summed E-state index contributed by atoms with van der Waals surface area (Å²) in [7, 11) is 0. The number of aryl methyl sites for hydroxylation is 2. The molecule has 0 aliphatic heterocycles. The van der Waals surface area contributed by atoms with Crippen molar-refractivity contribution in [1.29, 1.82) is 0 Å². The van der Waals surface area contributed by atoms with Gasteiger partial charge in [0.05, 0.1) is 0 Å². The largest absolute Gasteiger partial charge is 0.261 e. The Bertz CT molecular complexity index is 1590. The van der Waals surface area contributed by atoms with Crippen LogP contribution in [0.5, 0.6) is 0 Å². The molecule has 1 aliphatic carbocycles. The average molecular weight is 454 g/mol. The third-order valence-electron chi connectivity index (χ3n) is 7.00. The number of benzene rings is 4. The summed E-state index contributed by atoms with van der Waals surface area (Å²) >= 11 is 0. The van der Waals surface area contributed by atoms with Gasteiger partial charge >= 0.3 is 0 Å². The molecule has 0 bridgehead atoms. The maximum atomic E-state index is 4.98. The molecule has 0 fully saturated rings. The first-order valence-electron chi connectivity index (χ1n) is 12.5. The van der Waals surface area contributed by atoms with Crippen LogP contribution in [-0.2, 0) is 6.42 Å². The predicted octanol–water partition coefficient (Wildman–Crippen LogP) is 9.42. The number of hydrogen-bond acceptors (Lipinski definition) is 1. The number of rotatable bonds is 2. The molecule has 0 saturated heterocycles. The Morgan fingerprint density at radius 2 is 1.26 bits per heavy atom. The van der Waals surface area contributed by atoms with Crippen molar-refractivity contribution < 1.29 is 0 Å². The molecule has 0 amide bonds. The van der Waals surface area contributed by atoms with Crippen molar-refractivity contribution in [1.82, 2.24) is 4.98 Å². The van der Waals surface area contributed by atoms with Crippen molar-refractivity contribution in [2.75, 3.05) is 0 Å². The van der Waals surface area contributed by atoms with E-state index in [9.17, 15) is 0 Å². The second-order valence-electron chi connectivity index (χ2n) is 11.3. The fraction of sp³-hybridized carbons (Fsp3) is 0.206. The molecule has 0 spiro atoms. The summed E-state index contributed by atoms with van der Waals surface area (Å²) in [5, 5.41) is 2.59. The predicted molar refractivity (Wildman–Crippen MR) is 150 cm³/mol. The minimum atomic E-state index is 0.185. The summed E-state index contributed by atoms with van der Waals surface area (Å²) < 4.78 is 0. The van der Waals surface area contributed by atoms with Gasteiger partial charge in [-0.15, -0.1) is 0 Å². The third-order valence-corrected chi connectivity index (χ3v) is 7.00. The molecule has 1 heterocycles. The van der Waals surface area contributed by atoms with Crippen molar-refractivity contribution in [2.24, 2.45) is 5.41 Å². The molecular weight excluding hydrogens is 422 g/mol. The molecule has 0 saturated carbocycles. The monoisotopic (exact) mass is 453 g/mol. The van der Waals surface area contributed by atoms with E-state index in [1.54, 1.807) is 0 Å². The van der Waals surface area contributed by atoms with Crippen LogP contribution in [0.25, 0.3) is 55.3 Å². The van der Waals surface area contributed by atoms with Crippen LogP contribution >= 0.6 is 0 Å². The highest BCUT2D eigenvalue weighted by Crippen LogP contribution is 2.48. The van der Waals surface area contributed by atoms with E-state index in [-0.39, 0.29) is 5.41 Å². The van der Waals surface area contributed by atoms with Crippen LogP contribution < -0.4 is 0 Å². The molecule has 0 N–H and O–H groups in total. The van der Waals surface area contributed by atoms with E-state index in [2.05, 4.69) is 120 Å². The topological polar surface area (TPSA) is 12.9 Å². The van der Waals surface area contributed by atoms with Gasteiger partial charge in [0.15, 0.2) is 0 Å². The maximum absolute atomic E-state index is 4.98. The van der Waals surface area contributed by atoms with Gasteiger partial charge in [-0.1, -0.05) is 92.6 Å². The van der Waals surface area contributed by atoms with Gasteiger partial charge in [0.1, 0.15) is 0 Å². The molecule has 0 unspecified atom stereocenters. The van der Waals surface area contributed by atoms with Crippen molar-refractivity contribution in [3.8, 4) is 44.5 Å². The Morgan fingerprint density at radius 3 is 1.97 bits per heavy atom. The molecule has 6 rings (SSSR count). The van der Waals surface area contributed by atoms with Gasteiger partial charge in [0.25, 0.3) is 0 Å². The Balaban J connectivity index is 1.70. The standard InChI is InChI=1S/C34H31N/c1-21-13-22(2)15-24(14-21)25-16-23-9-8-12-29-27-10-6-7-11-28(27)30-18-26(19-34(3,4)5)35-20-32(30)31(17-25)33(23)29/h6-18,20H,19H2,1-5H3. The summed E-state index contributed by atoms with van der Waals surface area (Å²) in [6.07, 6.45) is 3.07. The van der Waals surface area contributed by atoms with Crippen LogP contribution in [-0.4, -0.2) is 4.98 Å². The van der Waals surface area contributed by atoms with Crippen molar-refractivity contribution in [2.45, 2.75) is 41.0 Å². The highest BCUT2D eigenvalue weighted by Gasteiger charge is 2.23. The fourth-order valence-electron chi connectivity index (χ4n) is 5.70. The van der Waals surface area contributed by atoms with Gasteiger partial charge in [-0.2, -0.15) is 0 Å². The normalized spacial score (nSPS) is 12.3. The van der Waals surface area contributed by atoms with E-state index >= 15 is 0 Å². The molecule has 172 valence electrons. The smallest absolute Gasteiger partial charge is 0.0415 e. The zero-order valence-corrected chi connectivity index (χ0v) is 21.2. The zero-order valence-electron chi connectivity index (χ0n) is 21.2. The average Bonchev–Trinajstić information content (AvgIpc) is 2.92. The maximum Gasteiger partial charge on any atom is 0.0415 e. The quantitative estimate of drug-likeness (QED) is 0.254. The minimum Gasteiger partial charge on any atom is -0.261 e. The van der Waals surface area contributed by atoms with E-state index in [0.717, 1.165) is 12.1 Å². The first kappa shape index (κ1) is 21.8. The lowest BCUT2D eigenvalue weighted by Crippen LogP contribution is -2.10. The molecule has 1 nitrogen and oxygen atoms in total. The van der Waals surface area contributed by atoms with Crippen molar-refractivity contribution >= 4 is 10.8 Å². The third kappa shape index (κ3) is 3.86. The Labute approximate surface area is 208 Å². The second kappa shape index (κ2) is 7.92. The first-order valence-corrected chi connectivity index (χ1v) is 12.5. The Kier molecular flexibility index (Phi) is 4.93. The summed E-state index contributed by atoms with van der Waals surface area (Å²) in [6.45, 7) is 11.2. The zero-order chi connectivity index (χ0) is 24.3. The van der Waals surface area contributed by atoms with E-state index in [1.165, 1.54) is 66.4 Å². The van der Waals surface area contributed by atoms with E-state index in [4.69, 9.17) is 4.98 Å². The fourth-order valence-corrected chi connectivity index (χ4v) is 5.70. The number of nitrogens with zero attached hydrogens (tertiary/aromatic N) is 1. The molecule has 1 aliphatic rings. The van der Waals surface area contributed by atoms with Crippen LogP contribution in [0.3, 0.4) is 0 Å². The van der Waals surface area contributed by atoms with E-state index in [1.807, 2.05) is 0 Å². The SMILES string of the molecule is Cc1cc(C)cc(-c2cc3c4c(cccc4c2)-c2ccccc2-c2cc(CC(C)(C)C)ncc2-3)c1. The second-order valence-corrected chi connectivity index (χ2v) is 11.3. The van der Waals surface area contributed by atoms with Crippen molar-refractivity contribution in [3.63, 3.8) is 0 Å². The highest BCUT2D eigenvalue weighted by atomic mass is 14.7. The molecule has 0 atom stereocenters. The molecule has 35 heavy (non-hydrogen) atoms. The van der Waals surface area contributed by atoms with Gasteiger partial charge in [-0.25, -0.2) is 0 Å². The Morgan fingerprint density at radius 1 is 0.600 bits per heavy atom. The summed E-state index contributed by atoms with van der Waals surface area (Å²) in [5.74, 6) is 0. The molecule has 0 radical (unpaired) electrons. The lowest BCUT2D eigenvalue weighted by atomic mass is 9.87. The van der Waals surface area contributed by atoms with Gasteiger partial charge in [0.2, 0.25) is 0 Å². The number of hydrogen-bond donors (Lipinski definition) is 0. The first-order chi connectivity index (χ1) is 16.8. The molecular formula is C34H31N. The molecule has 4 aromatic carbocycles. The summed E-state index contributed by atoms with van der Waals surface area (Å²) in [6, 6.07) is 29.5. The number of fused-ring (bicyclic) bond motifs is 5. The van der Waals surface area contributed by atoms with Gasteiger partial charge in [-0.05, 0) is 93.6 Å². The van der Waals surface area contributed by atoms with Crippen LogP contribution in [0.15, 0.2) is 85.1 Å². The molecule has 1 aromatic heterocycles. The Hall–Kier alpha value is -3.71. The summed E-state index contributed by atoms with van der Waals surface area (Å²) in [4.78, 5) is 4.98. The van der Waals surface area contributed by atoms with E-state index in [0.29, 0.717) is 0 Å². The van der Waals surface area contributed by atoms with Crippen LogP contribution in [0, 0.1) is 19.3 Å². The summed E-state index contributed by atoms with van der Waals surface area (Å²) in [5.41, 5.74) is 14.1. The van der Waals surface area contributed by atoms with Gasteiger partial charge in [0, 0.05) is 17.5 Å². The lowest BCUT2D eigenvalue weighted by molar-refractivity contribution is 0.406. The molecule has 5 aromatic rings. The number of aromatic nitrogens is 1. The van der Waals surface area contributed by atoms with Crippen LogP contribution in [0.4, 0.5) is 0 Å². The minimum absolute atomic E-state index is 0.185. The van der Waals surface area contributed by atoms with Gasteiger partial charge < -0.3 is 0 Å². The van der Waals surface area contributed by atoms with E-state index < -0.39 is 0 Å². The van der Waals surface area contributed by atoms with Crippen LogP contribution in [0.1, 0.15) is 37.6 Å². The van der Waals surface area contributed by atoms with Crippen molar-refractivity contribution in [3.05, 3.63) is 102 Å². The van der Waals surface area contributed by atoms with Gasteiger partial charge in [-0.3, -0.25) is 4.98 Å². The molecule has 1 heteroatoms. The highest BCUT2D eigenvalue weighted by molar-refractivity contribution is 6.14. The van der Waals surface area contributed by atoms with Crippen LogP contribution in [0.2, 0.25) is 0 Å². The number of pyridine rings is 1.